The van der Waals surface area contributed by atoms with E-state index in [1.165, 1.54) is 18.1 Å². The van der Waals surface area contributed by atoms with Crippen molar-refractivity contribution < 1.29 is 19.4 Å². The van der Waals surface area contributed by atoms with Crippen molar-refractivity contribution in [1.82, 2.24) is 15.1 Å². The van der Waals surface area contributed by atoms with E-state index in [9.17, 15) is 14.7 Å². The highest BCUT2D eigenvalue weighted by atomic mass is 35.5. The van der Waals surface area contributed by atoms with Gasteiger partial charge in [0.25, 0.3) is 0 Å². The predicted octanol–water partition coefficient (Wildman–Crippen LogP) is 3.91. The van der Waals surface area contributed by atoms with Gasteiger partial charge in [0.15, 0.2) is 0 Å². The number of phenols is 1. The summed E-state index contributed by atoms with van der Waals surface area (Å²) in [6.45, 7) is 6.39. The summed E-state index contributed by atoms with van der Waals surface area (Å²) >= 11 is 6.15. The number of nitrogens with one attached hydrogen (secondary N) is 1. The lowest BCUT2D eigenvalue weighted by molar-refractivity contribution is -0.123. The molecule has 0 radical (unpaired) electrons. The zero-order valence-corrected chi connectivity index (χ0v) is 20.3. The van der Waals surface area contributed by atoms with Gasteiger partial charge in [0.05, 0.1) is 24.8 Å². The molecular weight excluding hydrogens is 468 g/mol. The van der Waals surface area contributed by atoms with Crippen molar-refractivity contribution in [2.75, 3.05) is 26.7 Å². The van der Waals surface area contributed by atoms with Gasteiger partial charge in [0, 0.05) is 24.2 Å². The lowest BCUT2D eigenvalue weighted by Gasteiger charge is -2.35. The Bertz CT molecular complexity index is 1210. The van der Waals surface area contributed by atoms with Crippen molar-refractivity contribution in [3.8, 4) is 11.5 Å². The third-order valence-electron chi connectivity index (χ3n) is 6.09. The lowest BCUT2D eigenvalue weighted by atomic mass is 9.94. The van der Waals surface area contributed by atoms with Crippen LogP contribution in [0.2, 0.25) is 5.02 Å². The maximum Gasteiger partial charge on any atom is 0.326 e. The second-order valence-corrected chi connectivity index (χ2v) is 8.78. The Labute approximate surface area is 209 Å². The second-order valence-electron chi connectivity index (χ2n) is 8.35. The summed E-state index contributed by atoms with van der Waals surface area (Å²) in [7, 11) is 1.51. The Morgan fingerprint density at radius 1 is 1.29 bits per heavy atom. The number of aromatic hydroxyl groups is 1. The summed E-state index contributed by atoms with van der Waals surface area (Å²) in [5.74, 6) is 0.488. The van der Waals surface area contributed by atoms with Crippen LogP contribution in [0.3, 0.4) is 0 Å². The van der Waals surface area contributed by atoms with E-state index in [4.69, 9.17) is 21.3 Å². The van der Waals surface area contributed by atoms with E-state index < -0.39 is 12.1 Å². The van der Waals surface area contributed by atoms with Crippen molar-refractivity contribution in [1.29, 1.82) is 0 Å². The molecule has 2 aromatic rings. The van der Waals surface area contributed by atoms with Crippen molar-refractivity contribution in [3.63, 3.8) is 0 Å². The van der Waals surface area contributed by atoms with Crippen LogP contribution in [0.5, 0.6) is 11.5 Å². The number of aliphatic imine (C=N–C) groups is 1. The molecule has 2 unspecified atom stereocenters. The monoisotopic (exact) mass is 494 g/mol. The molecule has 3 amide bonds. The summed E-state index contributed by atoms with van der Waals surface area (Å²) in [6, 6.07) is 10.7. The van der Waals surface area contributed by atoms with Gasteiger partial charge in [-0.3, -0.25) is 14.7 Å². The standard InChI is InChI=1S/C26H27ClN4O4/c1-4-5-16(2)23-24(17-6-8-18(27)9-7-17)31(26(34)30-13-12-28-22(33)15-30)25(29-23)20-11-10-19(35-3)14-21(20)32/h4-11,14,23-24,32H,1,12-13,15H2,2-3H3,(H,28,33)/b16-5+. The van der Waals surface area contributed by atoms with Gasteiger partial charge in [-0.05, 0) is 42.3 Å². The number of amides is 3. The van der Waals surface area contributed by atoms with Crippen LogP contribution in [-0.4, -0.2) is 65.5 Å². The van der Waals surface area contributed by atoms with E-state index in [0.29, 0.717) is 35.3 Å². The summed E-state index contributed by atoms with van der Waals surface area (Å²) in [4.78, 5) is 34.0. The number of rotatable bonds is 5. The third kappa shape index (κ3) is 4.88. The Hall–Kier alpha value is -3.78. The van der Waals surface area contributed by atoms with E-state index >= 15 is 0 Å². The molecule has 35 heavy (non-hydrogen) atoms. The highest BCUT2D eigenvalue weighted by Crippen LogP contribution is 2.40. The Balaban J connectivity index is 1.88. The minimum atomic E-state index is -0.530. The fourth-order valence-electron chi connectivity index (χ4n) is 4.35. The van der Waals surface area contributed by atoms with Gasteiger partial charge in [0.2, 0.25) is 5.91 Å². The number of hydrogen-bond acceptors (Lipinski definition) is 5. The van der Waals surface area contributed by atoms with E-state index in [-0.39, 0.29) is 24.2 Å². The molecule has 0 bridgehead atoms. The second kappa shape index (κ2) is 10.2. The number of halogens is 1. The first-order chi connectivity index (χ1) is 16.8. The molecule has 2 aliphatic rings. The van der Waals surface area contributed by atoms with Crippen LogP contribution in [0, 0.1) is 0 Å². The van der Waals surface area contributed by atoms with Crippen LogP contribution in [0.15, 0.2) is 71.8 Å². The number of carbonyl (C=O) groups is 2. The molecule has 8 nitrogen and oxygen atoms in total. The van der Waals surface area contributed by atoms with Gasteiger partial charge in [0.1, 0.15) is 23.9 Å². The number of urea groups is 1. The fraction of sp³-hybridized carbons (Fsp3) is 0.269. The molecule has 2 atom stereocenters. The predicted molar refractivity (Wildman–Crippen MR) is 135 cm³/mol. The lowest BCUT2D eigenvalue weighted by Crippen LogP contribution is -2.55. The van der Waals surface area contributed by atoms with Crippen molar-refractivity contribution in [2.24, 2.45) is 4.99 Å². The summed E-state index contributed by atoms with van der Waals surface area (Å²) in [6.07, 6.45) is 3.53. The van der Waals surface area contributed by atoms with Gasteiger partial charge in [-0.25, -0.2) is 4.79 Å². The molecule has 1 fully saturated rings. The smallest absolute Gasteiger partial charge is 0.326 e. The van der Waals surface area contributed by atoms with Gasteiger partial charge in [-0.1, -0.05) is 42.5 Å². The van der Waals surface area contributed by atoms with E-state index in [1.807, 2.05) is 25.1 Å². The normalized spacial score (nSPS) is 20.4. The molecular formula is C26H27ClN4O4. The van der Waals surface area contributed by atoms with Crippen LogP contribution < -0.4 is 10.1 Å². The molecule has 0 aromatic heterocycles. The minimum Gasteiger partial charge on any atom is -0.507 e. The summed E-state index contributed by atoms with van der Waals surface area (Å²) in [5, 5.41) is 14.1. The molecule has 2 aliphatic heterocycles. The van der Waals surface area contributed by atoms with E-state index in [2.05, 4.69) is 11.9 Å². The maximum absolute atomic E-state index is 14.0. The Kier molecular flexibility index (Phi) is 7.12. The van der Waals surface area contributed by atoms with E-state index in [0.717, 1.165) is 11.1 Å². The number of ether oxygens (including phenoxy) is 1. The summed E-state index contributed by atoms with van der Waals surface area (Å²) < 4.78 is 5.22. The van der Waals surface area contributed by atoms with Gasteiger partial charge in [-0.2, -0.15) is 0 Å². The quantitative estimate of drug-likeness (QED) is 0.616. The average molecular weight is 495 g/mol. The number of allylic oxidation sites excluding steroid dienone is 2. The Morgan fingerprint density at radius 3 is 2.66 bits per heavy atom. The van der Waals surface area contributed by atoms with Crippen LogP contribution in [-0.2, 0) is 4.79 Å². The highest BCUT2D eigenvalue weighted by Gasteiger charge is 2.44. The molecule has 0 saturated carbocycles. The molecule has 2 N–H and O–H groups in total. The largest absolute Gasteiger partial charge is 0.507 e. The number of carbonyl (C=O) groups excluding carboxylic acids is 2. The van der Waals surface area contributed by atoms with Crippen LogP contribution >= 0.6 is 11.6 Å². The van der Waals surface area contributed by atoms with Crippen molar-refractivity contribution >= 4 is 29.4 Å². The molecule has 2 heterocycles. The molecule has 0 spiro atoms. The van der Waals surface area contributed by atoms with Crippen LogP contribution in [0.1, 0.15) is 24.1 Å². The van der Waals surface area contributed by atoms with E-state index in [1.54, 1.807) is 35.2 Å². The van der Waals surface area contributed by atoms with Gasteiger partial charge < -0.3 is 20.1 Å². The minimum absolute atomic E-state index is 0.0588. The molecule has 1 saturated heterocycles. The Morgan fingerprint density at radius 2 is 2.03 bits per heavy atom. The topological polar surface area (TPSA) is 94.5 Å². The third-order valence-corrected chi connectivity index (χ3v) is 6.34. The fourth-order valence-corrected chi connectivity index (χ4v) is 4.48. The number of methoxy groups -OCH3 is 1. The number of amidine groups is 1. The maximum atomic E-state index is 14.0. The molecule has 182 valence electrons. The number of hydrogen-bond donors (Lipinski definition) is 2. The van der Waals surface area contributed by atoms with Crippen LogP contribution in [0.4, 0.5) is 4.79 Å². The average Bonchev–Trinajstić information content (AvgIpc) is 3.24. The molecule has 4 rings (SSSR count). The SMILES string of the molecule is C=C/C=C(\C)C1N=C(c2ccc(OC)cc2O)N(C(=O)N2CCNC(=O)C2)C1c1ccc(Cl)cc1. The first kappa shape index (κ1) is 24.3. The first-order valence-electron chi connectivity index (χ1n) is 11.2. The molecule has 2 aromatic carbocycles. The number of phenolic OH excluding ortho intramolecular Hbond substituents is 1. The summed E-state index contributed by atoms with van der Waals surface area (Å²) in [5.41, 5.74) is 2.09. The number of benzene rings is 2. The molecule has 0 aliphatic carbocycles. The molecule has 9 heteroatoms. The van der Waals surface area contributed by atoms with Gasteiger partial charge >= 0.3 is 6.03 Å². The van der Waals surface area contributed by atoms with Crippen LogP contribution in [0.25, 0.3) is 0 Å². The highest BCUT2D eigenvalue weighted by molar-refractivity contribution is 6.30. The number of nitrogens with zero attached hydrogens (tertiary/aromatic N) is 3. The number of piperazine rings is 1. The zero-order chi connectivity index (χ0) is 25.1. The van der Waals surface area contributed by atoms with Crippen molar-refractivity contribution in [3.05, 3.63) is 82.9 Å². The zero-order valence-electron chi connectivity index (χ0n) is 19.6. The van der Waals surface area contributed by atoms with Crippen molar-refractivity contribution in [2.45, 2.75) is 19.0 Å². The first-order valence-corrected chi connectivity index (χ1v) is 11.6. The van der Waals surface area contributed by atoms with Gasteiger partial charge in [-0.15, -0.1) is 0 Å².